The van der Waals surface area contributed by atoms with E-state index in [0.717, 1.165) is 11.1 Å². The van der Waals surface area contributed by atoms with Gasteiger partial charge in [0.25, 0.3) is 6.73 Å². The van der Waals surface area contributed by atoms with E-state index < -0.39 is 0 Å². The molecule has 2 rings (SSSR count). The van der Waals surface area contributed by atoms with Gasteiger partial charge in [-0.3, -0.25) is 0 Å². The van der Waals surface area contributed by atoms with Crippen molar-refractivity contribution in [2.45, 2.75) is 20.3 Å². The van der Waals surface area contributed by atoms with E-state index in [1.165, 1.54) is 11.8 Å². The Bertz CT molecular complexity index is 539. The van der Waals surface area contributed by atoms with E-state index in [9.17, 15) is 0 Å². The fraction of sp³-hybridized carbons (Fsp3) is 0.200. The van der Waals surface area contributed by atoms with Crippen LogP contribution < -0.4 is 17.0 Å². The van der Waals surface area contributed by atoms with Gasteiger partial charge >= 0.3 is 0 Å². The highest BCUT2D eigenvalue weighted by atomic mass is 35.5. The smallest absolute Gasteiger partial charge is 0.252 e. The second-order valence-corrected chi connectivity index (χ2v) is 4.35. The minimum absolute atomic E-state index is 0. The maximum absolute atomic E-state index is 8.41. The summed E-state index contributed by atoms with van der Waals surface area (Å²) in [6.45, 7) is 3.15. The summed E-state index contributed by atoms with van der Waals surface area (Å²) in [4.78, 5) is 0. The van der Waals surface area contributed by atoms with Crippen molar-refractivity contribution >= 4 is 6.21 Å². The Morgan fingerprint density at radius 2 is 1.80 bits per heavy atom. The first kappa shape index (κ1) is 16.1. The minimum Gasteiger partial charge on any atom is -1.00 e. The van der Waals surface area contributed by atoms with E-state index in [1.54, 1.807) is 0 Å². The van der Waals surface area contributed by atoms with E-state index in [-0.39, 0.29) is 12.4 Å². The Kier molecular flexibility index (Phi) is 6.70. The molecular formula is C15H17ClN2O2. The molecule has 106 valence electrons. The molecule has 0 aliphatic rings. The van der Waals surface area contributed by atoms with Gasteiger partial charge in [0.15, 0.2) is 12.4 Å². The lowest BCUT2D eigenvalue weighted by Crippen LogP contribution is -3.00. The van der Waals surface area contributed by atoms with Crippen LogP contribution in [0.5, 0.6) is 0 Å². The van der Waals surface area contributed by atoms with Gasteiger partial charge in [-0.1, -0.05) is 35.0 Å². The van der Waals surface area contributed by atoms with Gasteiger partial charge in [0.1, 0.15) is 0 Å². The van der Waals surface area contributed by atoms with Crippen LogP contribution in [0.2, 0.25) is 0 Å². The molecule has 0 saturated carbocycles. The number of hydrogen-bond acceptors (Lipinski definition) is 3. The van der Waals surface area contributed by atoms with Crippen molar-refractivity contribution in [1.82, 2.24) is 0 Å². The van der Waals surface area contributed by atoms with Crippen LogP contribution in [0, 0.1) is 6.92 Å². The Morgan fingerprint density at radius 1 is 1.15 bits per heavy atom. The molecular weight excluding hydrogens is 276 g/mol. The Hall–Kier alpha value is -1.91. The first-order valence-electron chi connectivity index (χ1n) is 6.08. The van der Waals surface area contributed by atoms with Gasteiger partial charge in [-0.2, -0.15) is 4.57 Å². The SMILES string of the molecule is Cc1ccc(COC[n+]2ccc(C=NO)cc2)cc1.[Cl-]. The summed E-state index contributed by atoms with van der Waals surface area (Å²) in [7, 11) is 0. The van der Waals surface area contributed by atoms with Crippen molar-refractivity contribution in [2.24, 2.45) is 5.16 Å². The maximum Gasteiger partial charge on any atom is 0.252 e. The molecule has 1 heterocycles. The average Bonchev–Trinajstić information content (AvgIpc) is 2.43. The van der Waals surface area contributed by atoms with Crippen LogP contribution in [0.1, 0.15) is 16.7 Å². The number of hydrogen-bond donors (Lipinski definition) is 1. The summed E-state index contributed by atoms with van der Waals surface area (Å²) in [5.74, 6) is 0. The van der Waals surface area contributed by atoms with E-state index in [1.807, 2.05) is 29.1 Å². The molecule has 2 aromatic rings. The van der Waals surface area contributed by atoms with Crippen LogP contribution in [-0.2, 0) is 18.1 Å². The minimum atomic E-state index is 0. The van der Waals surface area contributed by atoms with E-state index in [2.05, 4.69) is 36.3 Å². The predicted molar refractivity (Wildman–Crippen MR) is 72.0 cm³/mol. The van der Waals surface area contributed by atoms with E-state index in [4.69, 9.17) is 9.94 Å². The molecule has 0 amide bonds. The first-order valence-corrected chi connectivity index (χ1v) is 6.08. The molecule has 1 aromatic carbocycles. The van der Waals surface area contributed by atoms with Crippen molar-refractivity contribution in [2.75, 3.05) is 0 Å². The number of pyridine rings is 1. The Morgan fingerprint density at radius 3 is 2.40 bits per heavy atom. The normalized spacial score (nSPS) is 10.4. The molecule has 1 aromatic heterocycles. The lowest BCUT2D eigenvalue weighted by molar-refractivity contribution is -0.733. The monoisotopic (exact) mass is 292 g/mol. The molecule has 20 heavy (non-hydrogen) atoms. The fourth-order valence-corrected chi connectivity index (χ4v) is 1.66. The second kappa shape index (κ2) is 8.30. The standard InChI is InChI=1S/C15H16N2O2.ClH/c1-13-2-4-15(5-3-13)11-19-12-17-8-6-14(7-9-17)10-16-18;/h2-10H,11-12H2,1H3;1H. The second-order valence-electron chi connectivity index (χ2n) is 4.35. The maximum atomic E-state index is 8.41. The molecule has 0 fully saturated rings. The number of rotatable bonds is 5. The quantitative estimate of drug-likeness (QED) is 0.342. The van der Waals surface area contributed by atoms with Gasteiger partial charge < -0.3 is 22.4 Å². The molecule has 5 heteroatoms. The van der Waals surface area contributed by atoms with Gasteiger partial charge in [0.05, 0.1) is 12.8 Å². The van der Waals surface area contributed by atoms with Crippen LogP contribution in [0.3, 0.4) is 0 Å². The largest absolute Gasteiger partial charge is 1.00 e. The van der Waals surface area contributed by atoms with Gasteiger partial charge in [0, 0.05) is 17.7 Å². The zero-order chi connectivity index (χ0) is 13.5. The van der Waals surface area contributed by atoms with Crippen molar-refractivity contribution < 1.29 is 26.9 Å². The number of oxime groups is 1. The summed E-state index contributed by atoms with van der Waals surface area (Å²) in [5.41, 5.74) is 3.26. The van der Waals surface area contributed by atoms with Crippen molar-refractivity contribution in [3.63, 3.8) is 0 Å². The van der Waals surface area contributed by atoms with Gasteiger partial charge in [0.2, 0.25) is 0 Å². The zero-order valence-corrected chi connectivity index (χ0v) is 12.0. The van der Waals surface area contributed by atoms with Crippen LogP contribution in [-0.4, -0.2) is 11.4 Å². The lowest BCUT2D eigenvalue weighted by atomic mass is 10.2. The summed E-state index contributed by atoms with van der Waals surface area (Å²) >= 11 is 0. The zero-order valence-electron chi connectivity index (χ0n) is 11.2. The van der Waals surface area contributed by atoms with E-state index >= 15 is 0 Å². The fourth-order valence-electron chi connectivity index (χ4n) is 1.66. The lowest BCUT2D eigenvalue weighted by Gasteiger charge is -2.02. The molecule has 0 aliphatic heterocycles. The van der Waals surface area contributed by atoms with Crippen molar-refractivity contribution in [3.8, 4) is 0 Å². The number of aromatic nitrogens is 1. The summed E-state index contributed by atoms with van der Waals surface area (Å²) in [5, 5.41) is 11.4. The summed E-state index contributed by atoms with van der Waals surface area (Å²) in [6.07, 6.45) is 5.15. The molecule has 4 nitrogen and oxygen atoms in total. The molecule has 0 saturated heterocycles. The third kappa shape index (κ3) is 4.99. The number of nitrogens with zero attached hydrogens (tertiary/aromatic N) is 2. The molecule has 0 spiro atoms. The number of aryl methyl sites for hydroxylation is 1. The summed E-state index contributed by atoms with van der Waals surface area (Å²) < 4.78 is 7.54. The Balaban J connectivity index is 0.00000200. The summed E-state index contributed by atoms with van der Waals surface area (Å²) in [6, 6.07) is 12.0. The highest BCUT2D eigenvalue weighted by Crippen LogP contribution is 2.04. The molecule has 0 unspecified atom stereocenters. The molecule has 0 bridgehead atoms. The molecule has 0 atom stereocenters. The van der Waals surface area contributed by atoms with Crippen LogP contribution in [0.15, 0.2) is 53.9 Å². The Labute approximate surface area is 124 Å². The number of benzene rings is 1. The van der Waals surface area contributed by atoms with Crippen LogP contribution >= 0.6 is 0 Å². The molecule has 0 radical (unpaired) electrons. The van der Waals surface area contributed by atoms with Gasteiger partial charge in [-0.05, 0) is 12.5 Å². The van der Waals surface area contributed by atoms with Crippen LogP contribution in [0.25, 0.3) is 0 Å². The van der Waals surface area contributed by atoms with Gasteiger partial charge in [-0.15, -0.1) is 0 Å². The first-order chi connectivity index (χ1) is 9.28. The number of halogens is 1. The highest BCUT2D eigenvalue weighted by Gasteiger charge is 2.00. The highest BCUT2D eigenvalue weighted by molar-refractivity contribution is 5.78. The molecule has 1 N–H and O–H groups in total. The molecule has 0 aliphatic carbocycles. The van der Waals surface area contributed by atoms with Crippen molar-refractivity contribution in [3.05, 3.63) is 65.5 Å². The third-order valence-corrected chi connectivity index (χ3v) is 2.75. The van der Waals surface area contributed by atoms with Gasteiger partial charge in [-0.25, -0.2) is 0 Å². The predicted octanol–water partition coefficient (Wildman–Crippen LogP) is -0.731. The average molecular weight is 293 g/mol. The topological polar surface area (TPSA) is 45.7 Å². The number of ether oxygens (including phenoxy) is 1. The van der Waals surface area contributed by atoms with E-state index in [0.29, 0.717) is 13.3 Å². The third-order valence-electron chi connectivity index (χ3n) is 2.75. The van der Waals surface area contributed by atoms with Crippen molar-refractivity contribution in [1.29, 1.82) is 0 Å². The van der Waals surface area contributed by atoms with Crippen LogP contribution in [0.4, 0.5) is 0 Å².